The summed E-state index contributed by atoms with van der Waals surface area (Å²) in [5.41, 5.74) is 1.42. The summed E-state index contributed by atoms with van der Waals surface area (Å²) in [6.45, 7) is 2.36. The van der Waals surface area contributed by atoms with Gasteiger partial charge in [0.2, 0.25) is 11.8 Å². The maximum Gasteiger partial charge on any atom is 0.246 e. The first-order valence-electron chi connectivity index (χ1n) is 9.14. The Balaban J connectivity index is 1.92. The third-order valence-corrected chi connectivity index (χ3v) is 4.04. The number of anilines is 1. The van der Waals surface area contributed by atoms with Crippen LogP contribution in [0, 0.1) is 0 Å². The van der Waals surface area contributed by atoms with Gasteiger partial charge in [-0.2, -0.15) is 0 Å². The third kappa shape index (κ3) is 6.57. The number of nitrogens with zero attached hydrogens (tertiary/aromatic N) is 1. The van der Waals surface area contributed by atoms with E-state index in [1.54, 1.807) is 63.7 Å². The van der Waals surface area contributed by atoms with Crippen LogP contribution in [0.3, 0.4) is 0 Å². The Morgan fingerprint density at radius 1 is 1.03 bits per heavy atom. The van der Waals surface area contributed by atoms with Crippen LogP contribution in [-0.2, 0) is 9.59 Å². The summed E-state index contributed by atoms with van der Waals surface area (Å²) < 4.78 is 15.9. The van der Waals surface area contributed by atoms with Crippen molar-refractivity contribution in [2.24, 2.45) is 0 Å². The fourth-order valence-corrected chi connectivity index (χ4v) is 2.53. The molecule has 0 radical (unpaired) electrons. The number of hydrogen-bond donors (Lipinski definition) is 1. The van der Waals surface area contributed by atoms with Crippen molar-refractivity contribution >= 4 is 23.6 Å². The molecule has 0 saturated heterocycles. The largest absolute Gasteiger partial charge is 0.497 e. The zero-order valence-electron chi connectivity index (χ0n) is 17.1. The summed E-state index contributed by atoms with van der Waals surface area (Å²) in [6, 6.07) is 12.4. The van der Waals surface area contributed by atoms with Gasteiger partial charge in [-0.3, -0.25) is 9.59 Å². The second kappa shape index (κ2) is 10.8. The second-order valence-corrected chi connectivity index (χ2v) is 6.15. The molecule has 0 aliphatic carbocycles. The Kier molecular flexibility index (Phi) is 8.09. The van der Waals surface area contributed by atoms with Crippen molar-refractivity contribution in [2.75, 3.05) is 39.7 Å². The number of carbonyl (C=O) groups excluding carboxylic acids is 2. The molecule has 0 aromatic heterocycles. The molecular formula is C22H26N2O5. The van der Waals surface area contributed by atoms with Crippen molar-refractivity contribution in [3.8, 4) is 17.2 Å². The number of benzene rings is 2. The number of methoxy groups -OCH3 is 2. The van der Waals surface area contributed by atoms with E-state index in [1.807, 2.05) is 13.0 Å². The Morgan fingerprint density at radius 2 is 1.76 bits per heavy atom. The standard InChI is InChI=1S/C22H26N2O5/c1-5-29-19-12-6-16(14-20(19)28-4)7-13-22(26)24(2)15-21(25)23-17-8-10-18(27-3)11-9-17/h6-14H,5,15H2,1-4H3,(H,23,25)/b13-7+. The minimum absolute atomic E-state index is 0.0677. The van der Waals surface area contributed by atoms with Gasteiger partial charge in [0.15, 0.2) is 11.5 Å². The van der Waals surface area contributed by atoms with Crippen LogP contribution in [0.2, 0.25) is 0 Å². The minimum atomic E-state index is -0.290. The monoisotopic (exact) mass is 398 g/mol. The second-order valence-electron chi connectivity index (χ2n) is 6.15. The average molecular weight is 398 g/mol. The number of likely N-dealkylation sites (N-methyl/N-ethyl adjacent to an activating group) is 1. The average Bonchev–Trinajstić information content (AvgIpc) is 2.73. The molecule has 0 saturated carbocycles. The first-order valence-corrected chi connectivity index (χ1v) is 9.14. The molecular weight excluding hydrogens is 372 g/mol. The first-order chi connectivity index (χ1) is 14.0. The molecule has 29 heavy (non-hydrogen) atoms. The molecule has 0 aliphatic rings. The van der Waals surface area contributed by atoms with E-state index in [0.29, 0.717) is 29.5 Å². The SMILES string of the molecule is CCOc1ccc(/C=C/C(=O)N(C)CC(=O)Nc2ccc(OC)cc2)cc1OC. The van der Waals surface area contributed by atoms with Crippen LogP contribution in [0.1, 0.15) is 12.5 Å². The van der Waals surface area contributed by atoms with Crippen LogP contribution in [0.15, 0.2) is 48.5 Å². The molecule has 0 bridgehead atoms. The van der Waals surface area contributed by atoms with Crippen LogP contribution in [0.4, 0.5) is 5.69 Å². The molecule has 7 nitrogen and oxygen atoms in total. The molecule has 2 aromatic rings. The first kappa shape index (κ1) is 21.8. The molecule has 2 aromatic carbocycles. The van der Waals surface area contributed by atoms with E-state index in [1.165, 1.54) is 11.0 Å². The van der Waals surface area contributed by atoms with Crippen LogP contribution in [0.25, 0.3) is 6.08 Å². The van der Waals surface area contributed by atoms with Crippen LogP contribution in [0.5, 0.6) is 17.2 Å². The zero-order chi connectivity index (χ0) is 21.2. The van der Waals surface area contributed by atoms with Crippen LogP contribution >= 0.6 is 0 Å². The summed E-state index contributed by atoms with van der Waals surface area (Å²) in [7, 11) is 4.70. The van der Waals surface area contributed by atoms with Crippen molar-refractivity contribution < 1.29 is 23.8 Å². The van der Waals surface area contributed by atoms with Crippen molar-refractivity contribution in [1.29, 1.82) is 0 Å². The van der Waals surface area contributed by atoms with E-state index in [2.05, 4.69) is 5.32 Å². The topological polar surface area (TPSA) is 77.1 Å². The van der Waals surface area contributed by atoms with Gasteiger partial charge in [-0.15, -0.1) is 0 Å². The van der Waals surface area contributed by atoms with Crippen LogP contribution in [-0.4, -0.2) is 51.1 Å². The maximum absolute atomic E-state index is 12.3. The van der Waals surface area contributed by atoms with Crippen molar-refractivity contribution in [1.82, 2.24) is 4.90 Å². The molecule has 7 heteroatoms. The van der Waals surface area contributed by atoms with Gasteiger partial charge >= 0.3 is 0 Å². The maximum atomic E-state index is 12.3. The molecule has 0 atom stereocenters. The molecule has 2 amide bonds. The van der Waals surface area contributed by atoms with E-state index < -0.39 is 0 Å². The minimum Gasteiger partial charge on any atom is -0.497 e. The predicted molar refractivity (Wildman–Crippen MR) is 112 cm³/mol. The molecule has 0 aliphatic heterocycles. The lowest BCUT2D eigenvalue weighted by Crippen LogP contribution is -2.33. The number of rotatable bonds is 9. The molecule has 2 rings (SSSR count). The number of amides is 2. The zero-order valence-corrected chi connectivity index (χ0v) is 17.1. The summed E-state index contributed by atoms with van der Waals surface area (Å²) in [5, 5.41) is 2.74. The van der Waals surface area contributed by atoms with Gasteiger partial charge in [-0.25, -0.2) is 0 Å². The van der Waals surface area contributed by atoms with Gasteiger partial charge < -0.3 is 24.4 Å². The highest BCUT2D eigenvalue weighted by Crippen LogP contribution is 2.28. The number of hydrogen-bond acceptors (Lipinski definition) is 5. The lowest BCUT2D eigenvalue weighted by atomic mass is 10.2. The quantitative estimate of drug-likeness (QED) is 0.657. The Hall–Kier alpha value is -3.48. The van der Waals surface area contributed by atoms with E-state index in [-0.39, 0.29) is 18.4 Å². The summed E-state index contributed by atoms with van der Waals surface area (Å²) >= 11 is 0. The molecule has 154 valence electrons. The molecule has 0 unspecified atom stereocenters. The lowest BCUT2D eigenvalue weighted by Gasteiger charge is -2.15. The van der Waals surface area contributed by atoms with E-state index in [9.17, 15) is 9.59 Å². The van der Waals surface area contributed by atoms with E-state index in [0.717, 1.165) is 5.56 Å². The summed E-state index contributed by atoms with van der Waals surface area (Å²) in [5.74, 6) is 1.36. The summed E-state index contributed by atoms with van der Waals surface area (Å²) in [4.78, 5) is 25.8. The van der Waals surface area contributed by atoms with Gasteiger partial charge in [0.1, 0.15) is 5.75 Å². The van der Waals surface area contributed by atoms with Gasteiger partial charge in [-0.05, 0) is 55.0 Å². The number of ether oxygens (including phenoxy) is 3. The van der Waals surface area contributed by atoms with Gasteiger partial charge in [0.05, 0.1) is 27.4 Å². The Bertz CT molecular complexity index is 862. The fourth-order valence-electron chi connectivity index (χ4n) is 2.53. The fraction of sp³-hybridized carbons (Fsp3) is 0.273. The van der Waals surface area contributed by atoms with Crippen molar-refractivity contribution in [3.63, 3.8) is 0 Å². The smallest absolute Gasteiger partial charge is 0.246 e. The normalized spacial score (nSPS) is 10.5. The highest BCUT2D eigenvalue weighted by Gasteiger charge is 2.11. The van der Waals surface area contributed by atoms with Gasteiger partial charge in [0.25, 0.3) is 0 Å². The Morgan fingerprint density at radius 3 is 2.38 bits per heavy atom. The van der Waals surface area contributed by atoms with E-state index in [4.69, 9.17) is 14.2 Å². The molecule has 0 spiro atoms. The van der Waals surface area contributed by atoms with Gasteiger partial charge in [-0.1, -0.05) is 6.07 Å². The highest BCUT2D eigenvalue weighted by atomic mass is 16.5. The van der Waals surface area contributed by atoms with E-state index >= 15 is 0 Å². The highest BCUT2D eigenvalue weighted by molar-refractivity contribution is 5.97. The third-order valence-electron chi connectivity index (χ3n) is 4.04. The predicted octanol–water partition coefficient (Wildman–Crippen LogP) is 3.21. The molecule has 0 fully saturated rings. The van der Waals surface area contributed by atoms with Crippen molar-refractivity contribution in [2.45, 2.75) is 6.92 Å². The van der Waals surface area contributed by atoms with Crippen LogP contribution < -0.4 is 19.5 Å². The number of carbonyl (C=O) groups is 2. The molecule has 0 heterocycles. The molecule has 1 N–H and O–H groups in total. The summed E-state index contributed by atoms with van der Waals surface area (Å²) in [6.07, 6.45) is 3.08. The number of nitrogens with one attached hydrogen (secondary N) is 1. The van der Waals surface area contributed by atoms with Gasteiger partial charge in [0, 0.05) is 18.8 Å². The van der Waals surface area contributed by atoms with Crippen molar-refractivity contribution in [3.05, 3.63) is 54.1 Å². The lowest BCUT2D eigenvalue weighted by molar-refractivity contribution is -0.129. The Labute approximate surface area is 170 Å².